The quantitative estimate of drug-likeness (QED) is 0.883. The predicted molar refractivity (Wildman–Crippen MR) is 76.3 cm³/mol. The van der Waals surface area contributed by atoms with Crippen molar-refractivity contribution in [3.8, 4) is 0 Å². The summed E-state index contributed by atoms with van der Waals surface area (Å²) in [5, 5.41) is 4.56. The molecule has 0 spiro atoms. The van der Waals surface area contributed by atoms with E-state index in [0.29, 0.717) is 6.04 Å². The van der Waals surface area contributed by atoms with Crippen molar-refractivity contribution in [1.82, 2.24) is 15.2 Å². The number of benzene rings is 1. The topological polar surface area (TPSA) is 48.1 Å². The van der Waals surface area contributed by atoms with Crippen LogP contribution in [0.5, 0.6) is 0 Å². The van der Waals surface area contributed by atoms with Crippen LogP contribution in [0.1, 0.15) is 23.2 Å². The minimum atomic E-state index is 0.0881. The molecule has 1 amide bonds. The van der Waals surface area contributed by atoms with E-state index >= 15 is 0 Å². The Kier molecular flexibility index (Phi) is 3.25. The van der Waals surface area contributed by atoms with Gasteiger partial charge in [-0.2, -0.15) is 0 Å². The molecule has 2 aromatic rings. The van der Waals surface area contributed by atoms with Gasteiger partial charge in [0.15, 0.2) is 0 Å². The Morgan fingerprint density at radius 2 is 2.32 bits per heavy atom. The van der Waals surface area contributed by atoms with Crippen molar-refractivity contribution < 1.29 is 4.79 Å². The molecule has 4 heteroatoms. The average Bonchev–Trinajstić information content (AvgIpc) is 3.07. The van der Waals surface area contributed by atoms with Gasteiger partial charge in [-0.25, -0.2) is 0 Å². The number of carbonyl (C=O) groups is 1. The normalized spacial score (nSPS) is 18.9. The Labute approximate surface area is 112 Å². The summed E-state index contributed by atoms with van der Waals surface area (Å²) >= 11 is 0. The number of hydrogen-bond acceptors (Lipinski definition) is 2. The molecule has 1 aromatic heterocycles. The molecule has 3 rings (SSSR count). The summed E-state index contributed by atoms with van der Waals surface area (Å²) in [5.41, 5.74) is 1.76. The number of fused-ring (bicyclic) bond motifs is 1. The molecule has 1 aliphatic heterocycles. The molecule has 2 heterocycles. The predicted octanol–water partition coefficient (Wildman–Crippen LogP) is 1.99. The smallest absolute Gasteiger partial charge is 0.253 e. The first-order chi connectivity index (χ1) is 9.24. The lowest BCUT2D eigenvalue weighted by molar-refractivity contribution is 0.0784. The highest BCUT2D eigenvalue weighted by atomic mass is 16.2. The molecule has 0 bridgehead atoms. The van der Waals surface area contributed by atoms with Crippen LogP contribution in [-0.2, 0) is 0 Å². The van der Waals surface area contributed by atoms with Gasteiger partial charge in [-0.15, -0.1) is 0 Å². The van der Waals surface area contributed by atoms with Gasteiger partial charge in [-0.1, -0.05) is 6.07 Å². The lowest BCUT2D eigenvalue weighted by atomic mass is 10.1. The fourth-order valence-corrected chi connectivity index (χ4v) is 2.73. The van der Waals surface area contributed by atoms with Crippen molar-refractivity contribution in [3.63, 3.8) is 0 Å². The van der Waals surface area contributed by atoms with E-state index in [1.54, 1.807) is 0 Å². The summed E-state index contributed by atoms with van der Waals surface area (Å²) in [7, 11) is 1.88. The molecule has 2 N–H and O–H groups in total. The van der Waals surface area contributed by atoms with Crippen molar-refractivity contribution in [1.29, 1.82) is 0 Å². The standard InChI is InChI=1S/C15H19N3O/c1-18(10-13-3-2-7-16-13)15(19)12-5-4-11-6-8-17-14(11)9-12/h4-6,8-9,13,16-17H,2-3,7,10H2,1H3. The van der Waals surface area contributed by atoms with Gasteiger partial charge in [0.2, 0.25) is 0 Å². The third kappa shape index (κ3) is 2.49. The first kappa shape index (κ1) is 12.2. The number of amides is 1. The molecule has 19 heavy (non-hydrogen) atoms. The molecule has 100 valence electrons. The zero-order valence-electron chi connectivity index (χ0n) is 11.1. The Morgan fingerprint density at radius 1 is 1.42 bits per heavy atom. The molecule has 4 nitrogen and oxygen atoms in total. The van der Waals surface area contributed by atoms with Gasteiger partial charge in [0, 0.05) is 36.9 Å². The minimum absolute atomic E-state index is 0.0881. The molecule has 1 saturated heterocycles. The zero-order chi connectivity index (χ0) is 13.2. The second-order valence-corrected chi connectivity index (χ2v) is 5.26. The average molecular weight is 257 g/mol. The Balaban J connectivity index is 1.74. The van der Waals surface area contributed by atoms with Crippen LogP contribution in [-0.4, -0.2) is 42.0 Å². The van der Waals surface area contributed by atoms with Crippen LogP contribution in [0, 0.1) is 0 Å². The lowest BCUT2D eigenvalue weighted by Gasteiger charge is -2.21. The number of carbonyl (C=O) groups excluding carboxylic acids is 1. The Morgan fingerprint density at radius 3 is 3.11 bits per heavy atom. The zero-order valence-corrected chi connectivity index (χ0v) is 11.1. The van der Waals surface area contributed by atoms with Crippen molar-refractivity contribution in [2.24, 2.45) is 0 Å². The van der Waals surface area contributed by atoms with Crippen molar-refractivity contribution in [2.45, 2.75) is 18.9 Å². The fourth-order valence-electron chi connectivity index (χ4n) is 2.73. The number of likely N-dealkylation sites (N-methyl/N-ethyl adjacent to an activating group) is 1. The number of nitrogens with one attached hydrogen (secondary N) is 2. The summed E-state index contributed by atoms with van der Waals surface area (Å²) in [6.45, 7) is 1.85. The van der Waals surface area contributed by atoms with E-state index in [9.17, 15) is 4.79 Å². The van der Waals surface area contributed by atoms with Crippen LogP contribution in [0.15, 0.2) is 30.5 Å². The molecule has 1 atom stereocenters. The molecule has 1 aliphatic rings. The molecule has 0 aliphatic carbocycles. The van der Waals surface area contributed by atoms with Crippen LogP contribution >= 0.6 is 0 Å². The highest BCUT2D eigenvalue weighted by Crippen LogP contribution is 2.16. The van der Waals surface area contributed by atoms with Gasteiger partial charge < -0.3 is 15.2 Å². The van der Waals surface area contributed by atoms with Gasteiger partial charge in [0.25, 0.3) is 5.91 Å². The highest BCUT2D eigenvalue weighted by Gasteiger charge is 2.19. The van der Waals surface area contributed by atoms with Crippen LogP contribution in [0.3, 0.4) is 0 Å². The number of hydrogen-bond donors (Lipinski definition) is 2. The van der Waals surface area contributed by atoms with E-state index in [2.05, 4.69) is 10.3 Å². The third-order valence-electron chi connectivity index (χ3n) is 3.81. The molecule has 1 aromatic carbocycles. The van der Waals surface area contributed by atoms with Crippen LogP contribution in [0.25, 0.3) is 10.9 Å². The molecule has 1 fully saturated rings. The second kappa shape index (κ2) is 5.05. The first-order valence-corrected chi connectivity index (χ1v) is 6.80. The Bertz CT molecular complexity index is 584. The number of aromatic amines is 1. The molecule has 1 unspecified atom stereocenters. The summed E-state index contributed by atoms with van der Waals surface area (Å²) in [6, 6.07) is 8.27. The van der Waals surface area contributed by atoms with Gasteiger partial charge >= 0.3 is 0 Å². The van der Waals surface area contributed by atoms with E-state index in [1.165, 1.54) is 6.42 Å². The number of H-pyrrole nitrogens is 1. The van der Waals surface area contributed by atoms with Crippen molar-refractivity contribution >= 4 is 16.8 Å². The summed E-state index contributed by atoms with van der Waals surface area (Å²) in [4.78, 5) is 17.3. The van der Waals surface area contributed by atoms with E-state index in [1.807, 2.05) is 42.4 Å². The van der Waals surface area contributed by atoms with E-state index in [4.69, 9.17) is 0 Å². The van der Waals surface area contributed by atoms with Gasteiger partial charge in [-0.05, 0) is 43.0 Å². The third-order valence-corrected chi connectivity index (χ3v) is 3.81. The van der Waals surface area contributed by atoms with E-state index in [-0.39, 0.29) is 5.91 Å². The number of aromatic nitrogens is 1. The molecule has 0 saturated carbocycles. The summed E-state index contributed by atoms with van der Waals surface area (Å²) in [5.74, 6) is 0.0881. The van der Waals surface area contributed by atoms with E-state index < -0.39 is 0 Å². The largest absolute Gasteiger partial charge is 0.361 e. The summed E-state index contributed by atoms with van der Waals surface area (Å²) < 4.78 is 0. The molecular formula is C15H19N3O. The molecular weight excluding hydrogens is 238 g/mol. The second-order valence-electron chi connectivity index (χ2n) is 5.26. The SMILES string of the molecule is CN(CC1CCCN1)C(=O)c1ccc2cc[nH]c2c1. The van der Waals surface area contributed by atoms with Crippen LogP contribution in [0.4, 0.5) is 0 Å². The van der Waals surface area contributed by atoms with Gasteiger partial charge in [0.05, 0.1) is 0 Å². The minimum Gasteiger partial charge on any atom is -0.361 e. The van der Waals surface area contributed by atoms with Crippen LogP contribution in [0.2, 0.25) is 0 Å². The number of nitrogens with zero attached hydrogens (tertiary/aromatic N) is 1. The van der Waals surface area contributed by atoms with Gasteiger partial charge in [-0.3, -0.25) is 4.79 Å². The lowest BCUT2D eigenvalue weighted by Crippen LogP contribution is -2.38. The summed E-state index contributed by atoms with van der Waals surface area (Å²) in [6.07, 6.45) is 4.26. The number of rotatable bonds is 3. The highest BCUT2D eigenvalue weighted by molar-refractivity contribution is 5.97. The first-order valence-electron chi connectivity index (χ1n) is 6.80. The maximum atomic E-state index is 12.4. The monoisotopic (exact) mass is 257 g/mol. The van der Waals surface area contributed by atoms with Crippen LogP contribution < -0.4 is 5.32 Å². The van der Waals surface area contributed by atoms with Gasteiger partial charge in [0.1, 0.15) is 0 Å². The fraction of sp³-hybridized carbons (Fsp3) is 0.400. The van der Waals surface area contributed by atoms with E-state index in [0.717, 1.165) is 36.0 Å². The molecule has 0 radical (unpaired) electrons. The van der Waals surface area contributed by atoms with Crippen molar-refractivity contribution in [3.05, 3.63) is 36.0 Å². The maximum Gasteiger partial charge on any atom is 0.253 e. The maximum absolute atomic E-state index is 12.4. The van der Waals surface area contributed by atoms with Crippen molar-refractivity contribution in [2.75, 3.05) is 20.1 Å². The Hall–Kier alpha value is -1.81.